The second-order valence-electron chi connectivity index (χ2n) is 7.88. The van der Waals surface area contributed by atoms with E-state index in [2.05, 4.69) is 4.90 Å². The summed E-state index contributed by atoms with van der Waals surface area (Å²) in [6.45, 7) is 3.27. The summed E-state index contributed by atoms with van der Waals surface area (Å²) in [5.74, 6) is 0.0749. The molecule has 0 unspecified atom stereocenters. The van der Waals surface area contributed by atoms with Crippen LogP contribution < -0.4 is 0 Å². The van der Waals surface area contributed by atoms with Gasteiger partial charge in [0.25, 0.3) is 0 Å². The van der Waals surface area contributed by atoms with Crippen molar-refractivity contribution in [3.05, 3.63) is 28.0 Å². The third-order valence-corrected chi connectivity index (χ3v) is 6.91. The van der Waals surface area contributed by atoms with Crippen LogP contribution in [0.5, 0.6) is 0 Å². The average Bonchev–Trinajstić information content (AvgIpc) is 3.15. The molecule has 0 spiro atoms. The lowest BCUT2D eigenvalue weighted by atomic mass is 9.78. The highest BCUT2D eigenvalue weighted by Gasteiger charge is 2.39. The molecule has 0 atom stereocenters. The van der Waals surface area contributed by atoms with Gasteiger partial charge in [-0.05, 0) is 61.9 Å². The number of carbonyl (C=O) groups excluding carboxylic acids is 1. The topological polar surface area (TPSA) is 43.8 Å². The number of piperidine rings is 1. The Labute approximate surface area is 161 Å². The second kappa shape index (κ2) is 9.16. The molecule has 26 heavy (non-hydrogen) atoms. The summed E-state index contributed by atoms with van der Waals surface area (Å²) in [5.41, 5.74) is 1.09. The number of carbonyl (C=O) groups is 1. The fourth-order valence-corrected chi connectivity index (χ4v) is 5.31. The van der Waals surface area contributed by atoms with Crippen molar-refractivity contribution in [2.45, 2.75) is 63.5 Å². The van der Waals surface area contributed by atoms with Gasteiger partial charge in [-0.2, -0.15) is 0 Å². The van der Waals surface area contributed by atoms with Crippen molar-refractivity contribution in [3.8, 4) is 0 Å². The third-order valence-electron chi connectivity index (χ3n) is 5.97. The van der Waals surface area contributed by atoms with Crippen molar-refractivity contribution in [1.82, 2.24) is 9.80 Å². The van der Waals surface area contributed by atoms with Crippen LogP contribution in [0.1, 0.15) is 61.8 Å². The molecular weight excluding hydrogens is 344 g/mol. The van der Waals surface area contributed by atoms with Crippen molar-refractivity contribution in [3.63, 3.8) is 0 Å². The van der Waals surface area contributed by atoms with E-state index in [1.54, 1.807) is 17.4 Å². The van der Waals surface area contributed by atoms with Crippen LogP contribution in [0.4, 0.5) is 0 Å². The van der Waals surface area contributed by atoms with Crippen LogP contribution in [0.15, 0.2) is 17.5 Å². The number of likely N-dealkylation sites (tertiary alicyclic amines) is 1. The predicted octanol–water partition coefficient (Wildman–Crippen LogP) is 3.90. The Hall–Kier alpha value is -1.17. The molecule has 4 nitrogen and oxygen atoms in total. The van der Waals surface area contributed by atoms with Crippen molar-refractivity contribution in [2.75, 3.05) is 26.7 Å². The molecule has 5 heteroatoms. The van der Waals surface area contributed by atoms with E-state index in [9.17, 15) is 4.79 Å². The first-order chi connectivity index (χ1) is 12.6. The zero-order valence-electron chi connectivity index (χ0n) is 16.0. The molecule has 1 saturated carbocycles. The summed E-state index contributed by atoms with van der Waals surface area (Å²) in [5, 5.41) is 11.1. The Balaban J connectivity index is 1.64. The van der Waals surface area contributed by atoms with Crippen LogP contribution in [-0.4, -0.2) is 53.0 Å². The maximum Gasteiger partial charge on any atom is 0.246 e. The van der Waals surface area contributed by atoms with E-state index in [4.69, 9.17) is 5.11 Å². The quantitative estimate of drug-likeness (QED) is 0.766. The first-order valence-electron chi connectivity index (χ1n) is 9.99. The van der Waals surface area contributed by atoms with Gasteiger partial charge in [-0.3, -0.25) is 9.69 Å². The molecule has 1 N–H and O–H groups in total. The number of nitrogens with zero attached hydrogens (tertiary/aromatic N) is 2. The molecule has 0 bridgehead atoms. The molecular formula is C21H32N2O2S. The van der Waals surface area contributed by atoms with Gasteiger partial charge in [-0.25, -0.2) is 0 Å². The molecule has 1 aliphatic heterocycles. The van der Waals surface area contributed by atoms with E-state index >= 15 is 0 Å². The van der Waals surface area contributed by atoms with E-state index < -0.39 is 0 Å². The highest BCUT2D eigenvalue weighted by atomic mass is 32.1. The average molecular weight is 377 g/mol. The summed E-state index contributed by atoms with van der Waals surface area (Å²) >= 11 is 1.56. The van der Waals surface area contributed by atoms with Crippen molar-refractivity contribution < 1.29 is 9.90 Å². The number of aliphatic hydroxyl groups excluding tert-OH is 1. The number of hydrogen-bond acceptors (Lipinski definition) is 4. The molecule has 1 amide bonds. The normalized spacial score (nSPS) is 21.2. The molecule has 1 aromatic heterocycles. The van der Waals surface area contributed by atoms with Crippen molar-refractivity contribution >= 4 is 23.3 Å². The second-order valence-corrected chi connectivity index (χ2v) is 8.82. The summed E-state index contributed by atoms with van der Waals surface area (Å²) < 4.78 is 0. The summed E-state index contributed by atoms with van der Waals surface area (Å²) in [4.78, 5) is 18.3. The maximum absolute atomic E-state index is 12.7. The van der Waals surface area contributed by atoms with E-state index in [-0.39, 0.29) is 18.1 Å². The van der Waals surface area contributed by atoms with Gasteiger partial charge in [0, 0.05) is 30.1 Å². The van der Waals surface area contributed by atoms with Crippen LogP contribution in [0.3, 0.4) is 0 Å². The van der Waals surface area contributed by atoms with Crippen LogP contribution in [0, 0.1) is 0 Å². The summed E-state index contributed by atoms with van der Waals surface area (Å²) in [6.07, 6.45) is 13.8. The molecule has 3 rings (SSSR count). The van der Waals surface area contributed by atoms with Crippen molar-refractivity contribution in [1.29, 1.82) is 0 Å². The first-order valence-corrected chi connectivity index (χ1v) is 10.9. The largest absolute Gasteiger partial charge is 0.392 e. The fourth-order valence-electron chi connectivity index (χ4n) is 4.52. The van der Waals surface area contributed by atoms with Gasteiger partial charge in [-0.1, -0.05) is 25.7 Å². The monoisotopic (exact) mass is 376 g/mol. The Morgan fingerprint density at radius 3 is 2.58 bits per heavy atom. The number of rotatable bonds is 6. The zero-order valence-corrected chi connectivity index (χ0v) is 16.8. The molecule has 1 saturated heterocycles. The number of hydrogen-bond donors (Lipinski definition) is 1. The van der Waals surface area contributed by atoms with E-state index in [1.807, 2.05) is 29.5 Å². The van der Waals surface area contributed by atoms with Gasteiger partial charge in [0.1, 0.15) is 0 Å². The molecule has 0 aromatic carbocycles. The van der Waals surface area contributed by atoms with Gasteiger partial charge in [0.2, 0.25) is 5.91 Å². The first kappa shape index (κ1) is 19.6. The number of likely N-dealkylation sites (N-methyl/N-ethyl adjacent to an activating group) is 1. The van der Waals surface area contributed by atoms with Crippen LogP contribution in [0.25, 0.3) is 6.08 Å². The summed E-state index contributed by atoms with van der Waals surface area (Å²) in [7, 11) is 1.94. The fraction of sp³-hybridized carbons (Fsp3) is 0.667. The molecule has 2 fully saturated rings. The predicted molar refractivity (Wildman–Crippen MR) is 108 cm³/mol. The lowest BCUT2D eigenvalue weighted by molar-refractivity contribution is -0.127. The molecule has 1 aliphatic carbocycles. The van der Waals surface area contributed by atoms with Crippen LogP contribution in [-0.2, 0) is 11.4 Å². The highest BCUT2D eigenvalue weighted by molar-refractivity contribution is 7.11. The minimum absolute atomic E-state index is 0.0521. The van der Waals surface area contributed by atoms with Gasteiger partial charge >= 0.3 is 0 Å². The molecule has 2 heterocycles. The minimum atomic E-state index is 0.0521. The Kier molecular flexibility index (Phi) is 6.90. The Morgan fingerprint density at radius 1 is 1.23 bits per heavy atom. The zero-order chi connectivity index (χ0) is 18.4. The summed E-state index contributed by atoms with van der Waals surface area (Å²) in [6, 6.07) is 1.94. The maximum atomic E-state index is 12.7. The highest BCUT2D eigenvalue weighted by Crippen LogP contribution is 2.36. The standard InChI is InChI=1S/C21H32N2O2S/c1-22(20(25)9-8-19-14-18(15-24)16-26-19)17-21(10-4-2-5-11-21)23-12-6-3-7-13-23/h8-9,14,16,24H,2-7,10-13,15,17H2,1H3. The van der Waals surface area contributed by atoms with Gasteiger partial charge in [0.05, 0.1) is 6.61 Å². The van der Waals surface area contributed by atoms with Crippen LogP contribution in [0.2, 0.25) is 0 Å². The van der Waals surface area contributed by atoms with Crippen molar-refractivity contribution in [2.24, 2.45) is 0 Å². The molecule has 144 valence electrons. The molecule has 2 aliphatic rings. The molecule has 1 aromatic rings. The van der Waals surface area contributed by atoms with Gasteiger partial charge in [-0.15, -0.1) is 11.3 Å². The molecule has 0 radical (unpaired) electrons. The SMILES string of the molecule is CN(CC1(N2CCCCC2)CCCCC1)C(=O)C=Cc1cc(CO)cs1. The number of aliphatic hydroxyl groups is 1. The Bertz CT molecular complexity index is 613. The lowest BCUT2D eigenvalue weighted by Gasteiger charge is -2.49. The van der Waals surface area contributed by atoms with E-state index in [0.717, 1.165) is 17.0 Å². The van der Waals surface area contributed by atoms with E-state index in [0.29, 0.717) is 0 Å². The third kappa shape index (κ3) is 4.76. The smallest absolute Gasteiger partial charge is 0.246 e. The van der Waals surface area contributed by atoms with Gasteiger partial charge in [0.15, 0.2) is 0 Å². The number of thiophene rings is 1. The lowest BCUT2D eigenvalue weighted by Crippen LogP contribution is -2.58. The van der Waals surface area contributed by atoms with E-state index in [1.165, 1.54) is 64.5 Å². The van der Waals surface area contributed by atoms with Gasteiger partial charge < -0.3 is 10.0 Å². The van der Waals surface area contributed by atoms with Crippen LogP contribution >= 0.6 is 11.3 Å². The minimum Gasteiger partial charge on any atom is -0.392 e. The Morgan fingerprint density at radius 2 is 1.92 bits per heavy atom. The number of amides is 1.